The molecule has 0 bridgehead atoms. The molecule has 1 aromatic carbocycles. The highest BCUT2D eigenvalue weighted by atomic mass is 79.9. The van der Waals surface area contributed by atoms with Gasteiger partial charge in [-0.05, 0) is 24.6 Å². The van der Waals surface area contributed by atoms with Crippen LogP contribution in [-0.2, 0) is 6.54 Å². The highest BCUT2D eigenvalue weighted by molar-refractivity contribution is 9.10. The monoisotopic (exact) mass is 340 g/mol. The Labute approximate surface area is 126 Å². The lowest BCUT2D eigenvalue weighted by Crippen LogP contribution is -2.10. The minimum absolute atomic E-state index is 0.537. The molecule has 0 aliphatic carbocycles. The molecule has 1 heterocycles. The third kappa shape index (κ3) is 4.09. The lowest BCUT2D eigenvalue weighted by molar-refractivity contribution is 0.188. The van der Waals surface area contributed by atoms with Gasteiger partial charge < -0.3 is 9.67 Å². The highest BCUT2D eigenvalue weighted by Crippen LogP contribution is 2.26. The summed E-state index contributed by atoms with van der Waals surface area (Å²) in [5, 5.41) is 10.2. The van der Waals surface area contributed by atoms with Crippen molar-refractivity contribution in [3.8, 4) is 0 Å². The molecule has 1 atom stereocenters. The lowest BCUT2D eigenvalue weighted by Gasteiger charge is -2.12. The quantitative estimate of drug-likeness (QED) is 0.811. The molecule has 0 aliphatic rings. The average Bonchev–Trinajstić information content (AvgIpc) is 2.85. The number of rotatable bonds is 6. The number of aliphatic hydroxyl groups excluding tert-OH is 1. The first kappa shape index (κ1) is 14.6. The summed E-state index contributed by atoms with van der Waals surface area (Å²) in [6, 6.07) is 8.09. The maximum atomic E-state index is 10.2. The minimum Gasteiger partial charge on any atom is -0.384 e. The van der Waals surface area contributed by atoms with Gasteiger partial charge in [-0.15, -0.1) is 11.8 Å². The molecule has 2 rings (SSSR count). The molecule has 1 N–H and O–H groups in total. The molecular weight excluding hydrogens is 324 g/mol. The van der Waals surface area contributed by atoms with Gasteiger partial charge in [-0.25, -0.2) is 4.98 Å². The van der Waals surface area contributed by atoms with Crippen molar-refractivity contribution in [2.45, 2.75) is 30.9 Å². The Morgan fingerprint density at radius 3 is 3.05 bits per heavy atom. The standard InChI is InChI=1S/C14H17BrN2OS/c1-2-7-17-8-6-16-14(17)13(18)10-19-12-5-3-4-11(15)9-12/h3-6,8-9,13,18H,2,7,10H2,1H3. The van der Waals surface area contributed by atoms with Crippen molar-refractivity contribution in [2.75, 3.05) is 5.75 Å². The van der Waals surface area contributed by atoms with E-state index in [-0.39, 0.29) is 0 Å². The Balaban J connectivity index is 1.97. The summed E-state index contributed by atoms with van der Waals surface area (Å²) in [6.07, 6.45) is 4.17. The fourth-order valence-electron chi connectivity index (χ4n) is 1.85. The van der Waals surface area contributed by atoms with Gasteiger partial charge in [0.2, 0.25) is 0 Å². The van der Waals surface area contributed by atoms with Crippen molar-refractivity contribution in [2.24, 2.45) is 0 Å². The molecular formula is C14H17BrN2OS. The average molecular weight is 341 g/mol. The molecule has 2 aromatic rings. The number of benzene rings is 1. The van der Waals surface area contributed by atoms with Crippen LogP contribution in [0.3, 0.4) is 0 Å². The molecule has 0 amide bonds. The van der Waals surface area contributed by atoms with Crippen LogP contribution in [-0.4, -0.2) is 20.4 Å². The number of nitrogens with zero attached hydrogens (tertiary/aromatic N) is 2. The summed E-state index contributed by atoms with van der Waals surface area (Å²) in [6.45, 7) is 3.01. The van der Waals surface area contributed by atoms with Crippen LogP contribution in [0.5, 0.6) is 0 Å². The summed E-state index contributed by atoms with van der Waals surface area (Å²) < 4.78 is 3.08. The topological polar surface area (TPSA) is 38.0 Å². The van der Waals surface area contributed by atoms with E-state index in [2.05, 4.69) is 33.9 Å². The van der Waals surface area contributed by atoms with Gasteiger partial charge in [0.15, 0.2) is 0 Å². The summed E-state index contributed by atoms with van der Waals surface area (Å²) in [5.41, 5.74) is 0. The fraction of sp³-hybridized carbons (Fsp3) is 0.357. The lowest BCUT2D eigenvalue weighted by atomic mass is 10.3. The van der Waals surface area contributed by atoms with Gasteiger partial charge in [-0.3, -0.25) is 0 Å². The largest absolute Gasteiger partial charge is 0.384 e. The zero-order valence-corrected chi connectivity index (χ0v) is 13.2. The molecule has 102 valence electrons. The van der Waals surface area contributed by atoms with E-state index in [9.17, 15) is 5.11 Å². The molecule has 1 unspecified atom stereocenters. The normalized spacial score (nSPS) is 12.6. The first-order valence-electron chi connectivity index (χ1n) is 6.28. The Hall–Kier alpha value is -0.780. The maximum Gasteiger partial charge on any atom is 0.138 e. The summed E-state index contributed by atoms with van der Waals surface area (Å²) in [7, 11) is 0. The van der Waals surface area contributed by atoms with Crippen molar-refractivity contribution < 1.29 is 5.11 Å². The van der Waals surface area contributed by atoms with Gasteiger partial charge in [-0.2, -0.15) is 0 Å². The van der Waals surface area contributed by atoms with E-state index in [0.717, 1.165) is 28.2 Å². The van der Waals surface area contributed by atoms with Crippen LogP contribution in [0.15, 0.2) is 46.0 Å². The van der Waals surface area contributed by atoms with Gasteiger partial charge in [-0.1, -0.05) is 28.9 Å². The van der Waals surface area contributed by atoms with Crippen molar-refractivity contribution in [1.29, 1.82) is 0 Å². The third-order valence-corrected chi connectivity index (χ3v) is 4.28. The van der Waals surface area contributed by atoms with E-state index in [0.29, 0.717) is 5.75 Å². The van der Waals surface area contributed by atoms with Gasteiger partial charge in [0.1, 0.15) is 11.9 Å². The molecule has 0 saturated carbocycles. The van der Waals surface area contributed by atoms with Crippen LogP contribution in [0.2, 0.25) is 0 Å². The third-order valence-electron chi connectivity index (χ3n) is 2.71. The first-order valence-corrected chi connectivity index (χ1v) is 8.06. The van der Waals surface area contributed by atoms with E-state index in [1.807, 2.05) is 29.0 Å². The summed E-state index contributed by atoms with van der Waals surface area (Å²) in [5.74, 6) is 1.36. The van der Waals surface area contributed by atoms with Gasteiger partial charge in [0.05, 0.1) is 0 Å². The van der Waals surface area contributed by atoms with E-state index in [1.54, 1.807) is 18.0 Å². The predicted molar refractivity (Wildman–Crippen MR) is 82.3 cm³/mol. The van der Waals surface area contributed by atoms with Gasteiger partial charge >= 0.3 is 0 Å². The molecule has 1 aromatic heterocycles. The number of aryl methyl sites for hydroxylation is 1. The number of hydrogen-bond acceptors (Lipinski definition) is 3. The molecule has 0 spiro atoms. The molecule has 5 heteroatoms. The SMILES string of the molecule is CCCn1ccnc1C(O)CSc1cccc(Br)c1. The number of halogens is 1. The van der Waals surface area contributed by atoms with E-state index >= 15 is 0 Å². The second-order valence-electron chi connectivity index (χ2n) is 4.26. The van der Waals surface area contributed by atoms with E-state index in [1.165, 1.54) is 0 Å². The van der Waals surface area contributed by atoms with Gasteiger partial charge in [0.25, 0.3) is 0 Å². The highest BCUT2D eigenvalue weighted by Gasteiger charge is 2.14. The van der Waals surface area contributed by atoms with Crippen LogP contribution in [0.4, 0.5) is 0 Å². The molecule has 0 radical (unpaired) electrons. The van der Waals surface area contributed by atoms with Crippen molar-refractivity contribution in [3.63, 3.8) is 0 Å². The zero-order valence-electron chi connectivity index (χ0n) is 10.8. The number of aliphatic hydroxyl groups is 1. The second kappa shape index (κ2) is 7.12. The Morgan fingerprint density at radius 1 is 1.47 bits per heavy atom. The molecule has 0 fully saturated rings. The number of hydrogen-bond donors (Lipinski definition) is 1. The Bertz CT molecular complexity index is 530. The first-order chi connectivity index (χ1) is 9.20. The predicted octanol–water partition coefficient (Wildman–Crippen LogP) is 3.88. The van der Waals surface area contributed by atoms with Gasteiger partial charge in [0, 0.05) is 34.1 Å². The van der Waals surface area contributed by atoms with Crippen molar-refractivity contribution in [3.05, 3.63) is 47.0 Å². The summed E-state index contributed by atoms with van der Waals surface area (Å²) >= 11 is 5.08. The Kier molecular flexibility index (Phi) is 5.48. The van der Waals surface area contributed by atoms with Crippen LogP contribution >= 0.6 is 27.7 Å². The smallest absolute Gasteiger partial charge is 0.138 e. The Morgan fingerprint density at radius 2 is 2.32 bits per heavy atom. The molecule has 3 nitrogen and oxygen atoms in total. The van der Waals surface area contributed by atoms with Crippen LogP contribution < -0.4 is 0 Å². The van der Waals surface area contributed by atoms with E-state index < -0.39 is 6.10 Å². The maximum absolute atomic E-state index is 10.2. The molecule has 0 saturated heterocycles. The molecule has 19 heavy (non-hydrogen) atoms. The number of imidazole rings is 1. The van der Waals surface area contributed by atoms with Crippen LogP contribution in [0, 0.1) is 0 Å². The minimum atomic E-state index is -0.537. The van der Waals surface area contributed by atoms with Crippen LogP contribution in [0.1, 0.15) is 25.3 Å². The number of aromatic nitrogens is 2. The molecule has 0 aliphatic heterocycles. The van der Waals surface area contributed by atoms with E-state index in [4.69, 9.17) is 0 Å². The second-order valence-corrected chi connectivity index (χ2v) is 6.27. The van der Waals surface area contributed by atoms with Crippen LogP contribution in [0.25, 0.3) is 0 Å². The van der Waals surface area contributed by atoms with Crippen molar-refractivity contribution >= 4 is 27.7 Å². The zero-order chi connectivity index (χ0) is 13.7. The summed E-state index contributed by atoms with van der Waals surface area (Å²) in [4.78, 5) is 5.40. The number of thioether (sulfide) groups is 1. The van der Waals surface area contributed by atoms with Crippen molar-refractivity contribution in [1.82, 2.24) is 9.55 Å². The fourth-order valence-corrected chi connectivity index (χ4v) is 3.29.